The van der Waals surface area contributed by atoms with Crippen LogP contribution in [0.5, 0.6) is 0 Å². The molecule has 5 heteroatoms. The fourth-order valence-electron chi connectivity index (χ4n) is 1.77. The van der Waals surface area contributed by atoms with Gasteiger partial charge in [-0.25, -0.2) is 0 Å². The molecule has 116 valence electrons. The van der Waals surface area contributed by atoms with Gasteiger partial charge in [-0.05, 0) is 43.7 Å². The van der Waals surface area contributed by atoms with Crippen molar-refractivity contribution in [2.24, 2.45) is 0 Å². The van der Waals surface area contributed by atoms with Crippen LogP contribution >= 0.6 is 0 Å². The second-order valence-electron chi connectivity index (χ2n) is 4.91. The van der Waals surface area contributed by atoms with Crippen LogP contribution in [0.1, 0.15) is 43.5 Å². The first-order chi connectivity index (χ1) is 10.2. The maximum atomic E-state index is 11.8. The van der Waals surface area contributed by atoms with Crippen molar-refractivity contribution < 1.29 is 9.59 Å². The van der Waals surface area contributed by atoms with Crippen LogP contribution in [0.3, 0.4) is 0 Å². The third kappa shape index (κ3) is 6.90. The molecule has 0 bridgehead atoms. The van der Waals surface area contributed by atoms with Gasteiger partial charge in [-0.15, -0.1) is 0 Å². The number of unbranched alkanes of at least 4 members (excludes halogenated alkanes) is 1. The van der Waals surface area contributed by atoms with Crippen molar-refractivity contribution in [3.05, 3.63) is 29.8 Å². The Bertz CT molecular complexity index is 443. The van der Waals surface area contributed by atoms with E-state index in [1.807, 2.05) is 0 Å². The highest BCUT2D eigenvalue weighted by molar-refractivity contribution is 5.96. The van der Waals surface area contributed by atoms with Crippen LogP contribution in [-0.2, 0) is 4.79 Å². The Morgan fingerprint density at radius 3 is 2.33 bits per heavy atom. The van der Waals surface area contributed by atoms with Gasteiger partial charge in [-0.2, -0.15) is 0 Å². The number of rotatable bonds is 9. The summed E-state index contributed by atoms with van der Waals surface area (Å²) in [5, 5.41) is 8.68. The third-order valence-electron chi connectivity index (χ3n) is 2.96. The quantitative estimate of drug-likeness (QED) is 0.611. The number of benzene rings is 1. The van der Waals surface area contributed by atoms with E-state index in [0.717, 1.165) is 25.8 Å². The lowest BCUT2D eigenvalue weighted by Gasteiger charge is -2.08. The SMILES string of the molecule is CCCCNC(=O)c1ccc(NC(=O)CNCCC)cc1. The summed E-state index contributed by atoms with van der Waals surface area (Å²) in [6, 6.07) is 6.92. The molecule has 0 radical (unpaired) electrons. The molecule has 2 amide bonds. The number of nitrogens with one attached hydrogen (secondary N) is 3. The molecule has 1 aromatic carbocycles. The molecule has 3 N–H and O–H groups in total. The monoisotopic (exact) mass is 291 g/mol. The highest BCUT2D eigenvalue weighted by Gasteiger charge is 2.05. The van der Waals surface area contributed by atoms with Gasteiger partial charge in [0, 0.05) is 17.8 Å². The average molecular weight is 291 g/mol. The molecule has 5 nitrogen and oxygen atoms in total. The van der Waals surface area contributed by atoms with Crippen molar-refractivity contribution in [2.45, 2.75) is 33.1 Å². The van der Waals surface area contributed by atoms with Crippen LogP contribution in [0.25, 0.3) is 0 Å². The molecule has 21 heavy (non-hydrogen) atoms. The van der Waals surface area contributed by atoms with Gasteiger partial charge < -0.3 is 16.0 Å². The van der Waals surface area contributed by atoms with E-state index in [9.17, 15) is 9.59 Å². The minimum atomic E-state index is -0.0800. The summed E-state index contributed by atoms with van der Waals surface area (Å²) >= 11 is 0. The first-order valence-corrected chi connectivity index (χ1v) is 7.56. The van der Waals surface area contributed by atoms with Gasteiger partial charge >= 0.3 is 0 Å². The second kappa shape index (κ2) is 9.94. The lowest BCUT2D eigenvalue weighted by atomic mass is 10.2. The molecule has 0 aliphatic rings. The zero-order chi connectivity index (χ0) is 15.5. The van der Waals surface area contributed by atoms with Gasteiger partial charge in [0.1, 0.15) is 0 Å². The van der Waals surface area contributed by atoms with Crippen LogP contribution in [0.15, 0.2) is 24.3 Å². The molecule has 0 unspecified atom stereocenters. The zero-order valence-corrected chi connectivity index (χ0v) is 12.9. The number of hydrogen-bond donors (Lipinski definition) is 3. The predicted octanol–water partition coefficient (Wildman–Crippen LogP) is 2.15. The van der Waals surface area contributed by atoms with Crippen molar-refractivity contribution in [2.75, 3.05) is 25.0 Å². The van der Waals surface area contributed by atoms with Crippen molar-refractivity contribution in [3.63, 3.8) is 0 Å². The molecule has 0 spiro atoms. The summed E-state index contributed by atoms with van der Waals surface area (Å²) in [4.78, 5) is 23.4. The van der Waals surface area contributed by atoms with Gasteiger partial charge in [-0.3, -0.25) is 9.59 Å². The van der Waals surface area contributed by atoms with Crippen LogP contribution in [0.4, 0.5) is 5.69 Å². The van der Waals surface area contributed by atoms with E-state index >= 15 is 0 Å². The molecule has 0 atom stereocenters. The smallest absolute Gasteiger partial charge is 0.251 e. The highest BCUT2D eigenvalue weighted by Crippen LogP contribution is 2.09. The molecule has 1 aromatic rings. The summed E-state index contributed by atoms with van der Waals surface area (Å²) in [6.45, 7) is 5.95. The fourth-order valence-corrected chi connectivity index (χ4v) is 1.77. The van der Waals surface area contributed by atoms with E-state index in [1.54, 1.807) is 24.3 Å². The van der Waals surface area contributed by atoms with Gasteiger partial charge in [-0.1, -0.05) is 20.3 Å². The van der Waals surface area contributed by atoms with Crippen molar-refractivity contribution >= 4 is 17.5 Å². The molecule has 1 rings (SSSR count). The Morgan fingerprint density at radius 1 is 1.00 bits per heavy atom. The Morgan fingerprint density at radius 2 is 1.71 bits per heavy atom. The Hall–Kier alpha value is -1.88. The van der Waals surface area contributed by atoms with Crippen molar-refractivity contribution in [3.8, 4) is 0 Å². The molecule has 0 fully saturated rings. The largest absolute Gasteiger partial charge is 0.352 e. The van der Waals surface area contributed by atoms with Gasteiger partial charge in [0.25, 0.3) is 5.91 Å². The summed E-state index contributed by atoms with van der Waals surface area (Å²) in [6.07, 6.45) is 3.02. The van der Waals surface area contributed by atoms with Crippen molar-refractivity contribution in [1.82, 2.24) is 10.6 Å². The molecule has 0 saturated carbocycles. The molecule has 0 heterocycles. The van der Waals surface area contributed by atoms with E-state index in [0.29, 0.717) is 24.3 Å². The number of carbonyl (C=O) groups excluding carboxylic acids is 2. The number of hydrogen-bond acceptors (Lipinski definition) is 3. The van der Waals surface area contributed by atoms with Crippen LogP contribution in [0, 0.1) is 0 Å². The lowest BCUT2D eigenvalue weighted by Crippen LogP contribution is -2.28. The molecule has 0 saturated heterocycles. The predicted molar refractivity (Wildman–Crippen MR) is 85.5 cm³/mol. The summed E-state index contributed by atoms with van der Waals surface area (Å²) in [5.41, 5.74) is 1.30. The number of anilines is 1. The Labute approximate surface area is 126 Å². The van der Waals surface area contributed by atoms with Crippen LogP contribution in [-0.4, -0.2) is 31.4 Å². The molecular weight excluding hydrogens is 266 g/mol. The first-order valence-electron chi connectivity index (χ1n) is 7.56. The van der Waals surface area contributed by atoms with Crippen LogP contribution < -0.4 is 16.0 Å². The minimum absolute atomic E-state index is 0.0778. The summed E-state index contributed by atoms with van der Waals surface area (Å²) in [7, 11) is 0. The van der Waals surface area contributed by atoms with Gasteiger partial charge in [0.05, 0.1) is 6.54 Å². The number of amides is 2. The van der Waals surface area contributed by atoms with E-state index in [-0.39, 0.29) is 11.8 Å². The fraction of sp³-hybridized carbons (Fsp3) is 0.500. The zero-order valence-electron chi connectivity index (χ0n) is 12.9. The Kier molecular flexibility index (Phi) is 8.12. The van der Waals surface area contributed by atoms with Gasteiger partial charge in [0.2, 0.25) is 5.91 Å². The standard InChI is InChI=1S/C16H25N3O2/c1-3-5-11-18-16(21)13-6-8-14(9-7-13)19-15(20)12-17-10-4-2/h6-9,17H,3-5,10-12H2,1-2H3,(H,18,21)(H,19,20). The average Bonchev–Trinajstić information content (AvgIpc) is 2.48. The van der Waals surface area contributed by atoms with E-state index in [1.165, 1.54) is 0 Å². The molecule has 0 aromatic heterocycles. The summed E-state index contributed by atoms with van der Waals surface area (Å²) < 4.78 is 0. The highest BCUT2D eigenvalue weighted by atomic mass is 16.2. The molecule has 0 aliphatic heterocycles. The summed E-state index contributed by atoms with van der Waals surface area (Å²) in [5.74, 6) is -0.158. The van der Waals surface area contributed by atoms with Gasteiger partial charge in [0.15, 0.2) is 0 Å². The first kappa shape index (κ1) is 17.2. The van der Waals surface area contributed by atoms with E-state index in [4.69, 9.17) is 0 Å². The normalized spacial score (nSPS) is 10.2. The van der Waals surface area contributed by atoms with Crippen LogP contribution in [0.2, 0.25) is 0 Å². The lowest BCUT2D eigenvalue weighted by molar-refractivity contribution is -0.115. The topological polar surface area (TPSA) is 70.2 Å². The molecular formula is C16H25N3O2. The van der Waals surface area contributed by atoms with Crippen molar-refractivity contribution in [1.29, 1.82) is 0 Å². The second-order valence-corrected chi connectivity index (χ2v) is 4.91. The molecule has 0 aliphatic carbocycles. The third-order valence-corrected chi connectivity index (χ3v) is 2.96. The van der Waals surface area contributed by atoms with E-state index < -0.39 is 0 Å². The minimum Gasteiger partial charge on any atom is -0.352 e. The number of carbonyl (C=O) groups is 2. The maximum absolute atomic E-state index is 11.8. The maximum Gasteiger partial charge on any atom is 0.251 e. The van der Waals surface area contributed by atoms with E-state index in [2.05, 4.69) is 29.8 Å². The Balaban J connectivity index is 2.42.